The van der Waals surface area contributed by atoms with Crippen LogP contribution in [0.2, 0.25) is 0 Å². The average Bonchev–Trinajstić information content (AvgIpc) is 3.16. The standard InChI is InChI=1S/C18H16F3N5O4S2/c1-10-22-8-14-15(23-10)24-17(31-14)25-6-7-26(13(9-25)16(27)28)32(29,30)12-4-2-11(3-5-12)18(19,20)21/h2-5,8,13H,6-7,9H2,1H3,(H,27,28)/t13-/m1/s1. The zero-order valence-corrected chi connectivity index (χ0v) is 18.1. The van der Waals surface area contributed by atoms with Crippen molar-refractivity contribution >= 4 is 42.8 Å². The second kappa shape index (κ2) is 7.94. The van der Waals surface area contributed by atoms with Gasteiger partial charge in [-0.05, 0) is 31.2 Å². The number of thiazole rings is 1. The Balaban J connectivity index is 1.61. The number of anilines is 1. The molecule has 0 amide bonds. The Labute approximate surface area is 184 Å². The van der Waals surface area contributed by atoms with Crippen LogP contribution in [0.25, 0.3) is 10.3 Å². The summed E-state index contributed by atoms with van der Waals surface area (Å²) in [6.45, 7) is 1.50. The molecule has 170 valence electrons. The van der Waals surface area contributed by atoms with E-state index in [1.165, 1.54) is 11.3 Å². The number of piperazine rings is 1. The molecule has 1 aromatic carbocycles. The van der Waals surface area contributed by atoms with E-state index >= 15 is 0 Å². The summed E-state index contributed by atoms with van der Waals surface area (Å²) in [5.74, 6) is -0.841. The summed E-state index contributed by atoms with van der Waals surface area (Å²) in [7, 11) is -4.34. The molecule has 3 heterocycles. The lowest BCUT2D eigenvalue weighted by Crippen LogP contribution is -2.58. The van der Waals surface area contributed by atoms with Crippen molar-refractivity contribution in [1.29, 1.82) is 0 Å². The molecule has 14 heteroatoms. The topological polar surface area (TPSA) is 117 Å². The van der Waals surface area contributed by atoms with Crippen LogP contribution in [0.5, 0.6) is 0 Å². The van der Waals surface area contributed by atoms with Crippen molar-refractivity contribution in [2.75, 3.05) is 24.5 Å². The van der Waals surface area contributed by atoms with Gasteiger partial charge in [0.25, 0.3) is 0 Å². The number of alkyl halides is 3. The molecule has 1 atom stereocenters. The van der Waals surface area contributed by atoms with Gasteiger partial charge in [-0.15, -0.1) is 0 Å². The first kappa shape index (κ1) is 22.4. The molecule has 3 aromatic rings. The minimum absolute atomic E-state index is 0.149. The molecule has 0 saturated carbocycles. The summed E-state index contributed by atoms with van der Waals surface area (Å²) < 4.78 is 65.9. The molecule has 9 nitrogen and oxygen atoms in total. The Morgan fingerprint density at radius 2 is 1.88 bits per heavy atom. The molecule has 1 aliphatic rings. The normalized spacial score (nSPS) is 18.2. The molecule has 2 aromatic heterocycles. The number of aromatic nitrogens is 3. The molecule has 0 aliphatic carbocycles. The Hall–Kier alpha value is -2.84. The minimum Gasteiger partial charge on any atom is -0.480 e. The maximum absolute atomic E-state index is 13.0. The van der Waals surface area contributed by atoms with Gasteiger partial charge in [-0.3, -0.25) is 4.79 Å². The number of hydrogen-bond acceptors (Lipinski definition) is 8. The van der Waals surface area contributed by atoms with Gasteiger partial charge in [-0.25, -0.2) is 18.4 Å². The molecule has 1 N–H and O–H groups in total. The van der Waals surface area contributed by atoms with Gasteiger partial charge in [-0.1, -0.05) is 11.3 Å². The highest BCUT2D eigenvalue weighted by Gasteiger charge is 2.41. The Bertz CT molecular complexity index is 1280. The summed E-state index contributed by atoms with van der Waals surface area (Å²) in [4.78, 5) is 25.9. The van der Waals surface area contributed by atoms with Crippen LogP contribution in [0.3, 0.4) is 0 Å². The molecule has 0 unspecified atom stereocenters. The van der Waals surface area contributed by atoms with Gasteiger partial charge in [0.1, 0.15) is 11.9 Å². The van der Waals surface area contributed by atoms with E-state index in [9.17, 15) is 31.5 Å². The lowest BCUT2D eigenvalue weighted by molar-refractivity contribution is -0.141. The average molecular weight is 487 g/mol. The van der Waals surface area contributed by atoms with Crippen molar-refractivity contribution in [2.45, 2.75) is 24.0 Å². The summed E-state index contributed by atoms with van der Waals surface area (Å²) in [6, 6.07) is 1.53. The molecular formula is C18H16F3N5O4S2. The quantitative estimate of drug-likeness (QED) is 0.596. The fourth-order valence-corrected chi connectivity index (χ4v) is 5.80. The first-order chi connectivity index (χ1) is 15.0. The van der Waals surface area contributed by atoms with Gasteiger partial charge in [0.05, 0.1) is 21.4 Å². The number of fused-ring (bicyclic) bond motifs is 1. The smallest absolute Gasteiger partial charge is 0.416 e. The van der Waals surface area contributed by atoms with E-state index in [4.69, 9.17) is 0 Å². The maximum atomic E-state index is 13.0. The monoisotopic (exact) mass is 487 g/mol. The largest absolute Gasteiger partial charge is 0.480 e. The van der Waals surface area contributed by atoms with Crippen LogP contribution in [0.1, 0.15) is 11.4 Å². The van der Waals surface area contributed by atoms with Crippen LogP contribution >= 0.6 is 11.3 Å². The lowest BCUT2D eigenvalue weighted by atomic mass is 10.2. The van der Waals surface area contributed by atoms with Crippen LogP contribution in [0.15, 0.2) is 35.4 Å². The molecule has 0 spiro atoms. The molecule has 0 bridgehead atoms. The number of carbonyl (C=O) groups is 1. The van der Waals surface area contributed by atoms with Crippen molar-refractivity contribution in [2.24, 2.45) is 0 Å². The predicted molar refractivity (Wildman–Crippen MR) is 109 cm³/mol. The summed E-state index contributed by atoms with van der Waals surface area (Å²) in [5, 5.41) is 10.2. The number of aryl methyl sites for hydroxylation is 1. The third-order valence-corrected chi connectivity index (χ3v) is 7.90. The predicted octanol–water partition coefficient (Wildman–Crippen LogP) is 2.38. The fourth-order valence-electron chi connectivity index (χ4n) is 3.33. The van der Waals surface area contributed by atoms with Crippen LogP contribution in [0.4, 0.5) is 18.3 Å². The second-order valence-electron chi connectivity index (χ2n) is 7.04. The van der Waals surface area contributed by atoms with Crippen molar-refractivity contribution in [3.63, 3.8) is 0 Å². The van der Waals surface area contributed by atoms with Crippen molar-refractivity contribution in [3.05, 3.63) is 41.9 Å². The number of hydrogen-bond donors (Lipinski definition) is 1. The third kappa shape index (κ3) is 4.12. The Kier molecular flexibility index (Phi) is 5.55. The molecular weight excluding hydrogens is 471 g/mol. The van der Waals surface area contributed by atoms with E-state index in [2.05, 4.69) is 15.0 Å². The minimum atomic E-state index is -4.61. The van der Waals surface area contributed by atoms with Gasteiger partial charge in [0.15, 0.2) is 10.8 Å². The van der Waals surface area contributed by atoms with Gasteiger partial charge in [0, 0.05) is 19.6 Å². The van der Waals surface area contributed by atoms with Crippen LogP contribution in [0, 0.1) is 6.92 Å². The number of halogens is 3. The van der Waals surface area contributed by atoms with E-state index in [1.807, 2.05) is 0 Å². The van der Waals surface area contributed by atoms with Gasteiger partial charge in [0.2, 0.25) is 10.0 Å². The van der Waals surface area contributed by atoms with Crippen molar-refractivity contribution in [1.82, 2.24) is 19.3 Å². The van der Waals surface area contributed by atoms with E-state index in [0.29, 0.717) is 33.4 Å². The summed E-state index contributed by atoms with van der Waals surface area (Å²) >= 11 is 1.26. The molecule has 1 fully saturated rings. The molecule has 1 saturated heterocycles. The molecule has 1 aliphatic heterocycles. The van der Waals surface area contributed by atoms with E-state index in [0.717, 1.165) is 16.4 Å². The second-order valence-corrected chi connectivity index (χ2v) is 9.94. The number of benzene rings is 1. The van der Waals surface area contributed by atoms with E-state index in [-0.39, 0.29) is 19.6 Å². The summed E-state index contributed by atoms with van der Waals surface area (Å²) in [6.07, 6.45) is -3.00. The number of sulfonamides is 1. The Morgan fingerprint density at radius 1 is 1.19 bits per heavy atom. The zero-order chi connectivity index (χ0) is 23.3. The number of nitrogens with zero attached hydrogens (tertiary/aromatic N) is 5. The number of rotatable bonds is 4. The van der Waals surface area contributed by atoms with Gasteiger partial charge in [-0.2, -0.15) is 22.5 Å². The highest BCUT2D eigenvalue weighted by atomic mass is 32.2. The maximum Gasteiger partial charge on any atom is 0.416 e. The highest BCUT2D eigenvalue weighted by Crippen LogP contribution is 2.32. The fraction of sp³-hybridized carbons (Fsp3) is 0.333. The summed E-state index contributed by atoms with van der Waals surface area (Å²) in [5.41, 5.74) is -0.533. The third-order valence-electron chi connectivity index (χ3n) is 4.93. The molecule has 4 rings (SSSR count). The molecule has 32 heavy (non-hydrogen) atoms. The lowest BCUT2D eigenvalue weighted by Gasteiger charge is -2.38. The highest BCUT2D eigenvalue weighted by molar-refractivity contribution is 7.89. The van der Waals surface area contributed by atoms with Gasteiger partial charge >= 0.3 is 12.1 Å². The first-order valence-electron chi connectivity index (χ1n) is 9.24. The van der Waals surface area contributed by atoms with Crippen LogP contribution in [-0.4, -0.2) is 64.4 Å². The SMILES string of the molecule is Cc1ncc2sc(N3CCN(S(=O)(=O)c4ccc(C(F)(F)F)cc4)[C@@H](C(=O)O)C3)nc2n1. The first-order valence-corrected chi connectivity index (χ1v) is 11.5. The zero-order valence-electron chi connectivity index (χ0n) is 16.4. The van der Waals surface area contributed by atoms with Crippen LogP contribution < -0.4 is 4.90 Å². The number of aliphatic carboxylic acids is 1. The van der Waals surface area contributed by atoms with Gasteiger partial charge < -0.3 is 10.0 Å². The van der Waals surface area contributed by atoms with Crippen LogP contribution in [-0.2, 0) is 21.0 Å². The number of carboxylic acid groups (broad SMARTS) is 1. The van der Waals surface area contributed by atoms with E-state index < -0.39 is 38.7 Å². The Morgan fingerprint density at radius 3 is 2.50 bits per heavy atom. The van der Waals surface area contributed by atoms with Crippen molar-refractivity contribution < 1.29 is 31.5 Å². The van der Waals surface area contributed by atoms with E-state index in [1.54, 1.807) is 18.0 Å². The molecule has 0 radical (unpaired) electrons. The number of carboxylic acids is 1. The van der Waals surface area contributed by atoms with Crippen molar-refractivity contribution in [3.8, 4) is 0 Å².